The highest BCUT2D eigenvalue weighted by Crippen LogP contribution is 2.70. The van der Waals surface area contributed by atoms with Crippen molar-refractivity contribution in [2.45, 2.75) is 107 Å². The third-order valence-corrected chi connectivity index (χ3v) is 13.7. The van der Waals surface area contributed by atoms with E-state index in [1.165, 1.54) is 24.1 Å². The van der Waals surface area contributed by atoms with Crippen molar-refractivity contribution >= 4 is 10.1 Å². The second-order valence-corrected chi connectivity index (χ2v) is 16.2. The third-order valence-electron chi connectivity index (χ3n) is 12.4. The number of benzene rings is 1. The summed E-state index contributed by atoms with van der Waals surface area (Å²) < 4.78 is 46.9. The van der Waals surface area contributed by atoms with Crippen LogP contribution in [0.5, 0.6) is 0 Å². The van der Waals surface area contributed by atoms with Gasteiger partial charge < -0.3 is 24.1 Å². The molecule has 4 fully saturated rings. The van der Waals surface area contributed by atoms with E-state index in [1.54, 1.807) is 18.4 Å². The lowest BCUT2D eigenvalue weighted by Crippen LogP contribution is -2.62. The molecule has 2 aromatic rings. The molecule has 2 N–H and O–H groups in total. The van der Waals surface area contributed by atoms with Crippen molar-refractivity contribution in [2.75, 3.05) is 26.4 Å². The molecule has 9 atom stereocenters. The lowest BCUT2D eigenvalue weighted by atomic mass is 9.43. The molecular formula is C35H50O8S. The molecule has 1 aromatic carbocycles. The summed E-state index contributed by atoms with van der Waals surface area (Å²) in [7, 11) is -3.92. The van der Waals surface area contributed by atoms with Crippen LogP contribution >= 0.6 is 0 Å². The first-order valence-corrected chi connectivity index (χ1v) is 17.9. The predicted octanol–water partition coefficient (Wildman–Crippen LogP) is 6.00. The zero-order chi connectivity index (χ0) is 31.2. The van der Waals surface area contributed by atoms with Crippen LogP contribution in [0.15, 0.2) is 52.2 Å². The van der Waals surface area contributed by atoms with Crippen LogP contribution in [0.1, 0.15) is 88.7 Å². The Morgan fingerprint density at radius 2 is 1.75 bits per heavy atom. The van der Waals surface area contributed by atoms with Crippen LogP contribution in [0.3, 0.4) is 0 Å². The zero-order valence-corrected chi connectivity index (χ0v) is 27.3. The fourth-order valence-electron chi connectivity index (χ4n) is 9.83. The molecule has 0 saturated heterocycles. The SMILES string of the molecule is Cc1ccc(S(=O)(=O)OCC(O)COCCO[C@H]2CC[C@@]3(C)[C@H](CC[C@@H]4[C@@H]3CC[C@]3(C)[C@@H](c5ccoc5)CC[C@]43O)C2)cc1. The van der Waals surface area contributed by atoms with Gasteiger partial charge in [-0.2, -0.15) is 8.42 Å². The Hall–Kier alpha value is -1.75. The van der Waals surface area contributed by atoms with Crippen molar-refractivity contribution in [1.82, 2.24) is 0 Å². The van der Waals surface area contributed by atoms with Crippen LogP contribution in [0, 0.1) is 35.5 Å². The molecule has 244 valence electrons. The smallest absolute Gasteiger partial charge is 0.297 e. The molecule has 6 rings (SSSR count). The van der Waals surface area contributed by atoms with Gasteiger partial charge >= 0.3 is 0 Å². The van der Waals surface area contributed by atoms with E-state index in [9.17, 15) is 18.6 Å². The molecule has 4 aliphatic rings. The van der Waals surface area contributed by atoms with Crippen molar-refractivity contribution in [3.63, 3.8) is 0 Å². The summed E-state index contributed by atoms with van der Waals surface area (Å²) in [4.78, 5) is 0.0667. The topological polar surface area (TPSA) is 115 Å². The van der Waals surface area contributed by atoms with Crippen LogP contribution in [0.25, 0.3) is 0 Å². The predicted molar refractivity (Wildman–Crippen MR) is 166 cm³/mol. The molecule has 1 heterocycles. The largest absolute Gasteiger partial charge is 0.472 e. The maximum Gasteiger partial charge on any atom is 0.297 e. The van der Waals surface area contributed by atoms with Gasteiger partial charge in [0.05, 0.1) is 55.6 Å². The van der Waals surface area contributed by atoms with E-state index in [-0.39, 0.29) is 35.0 Å². The number of aliphatic hydroxyl groups is 2. The Morgan fingerprint density at radius 1 is 0.955 bits per heavy atom. The summed E-state index contributed by atoms with van der Waals surface area (Å²) in [5, 5.41) is 22.6. The van der Waals surface area contributed by atoms with E-state index in [2.05, 4.69) is 19.9 Å². The summed E-state index contributed by atoms with van der Waals surface area (Å²) >= 11 is 0. The maximum atomic E-state index is 12.4. The van der Waals surface area contributed by atoms with Crippen LogP contribution < -0.4 is 0 Å². The van der Waals surface area contributed by atoms with Gasteiger partial charge in [-0.25, -0.2) is 0 Å². The van der Waals surface area contributed by atoms with E-state index >= 15 is 0 Å². The normalized spacial score (nSPS) is 37.6. The molecule has 4 saturated carbocycles. The molecule has 1 aromatic heterocycles. The highest BCUT2D eigenvalue weighted by molar-refractivity contribution is 7.86. The van der Waals surface area contributed by atoms with Crippen molar-refractivity contribution in [1.29, 1.82) is 0 Å². The average molecular weight is 631 g/mol. The Bertz CT molecular complexity index is 1360. The fourth-order valence-corrected chi connectivity index (χ4v) is 10.8. The summed E-state index contributed by atoms with van der Waals surface area (Å²) in [6.07, 6.45) is 12.4. The van der Waals surface area contributed by atoms with Crippen molar-refractivity contribution < 1.29 is 36.7 Å². The van der Waals surface area contributed by atoms with Crippen molar-refractivity contribution in [3.05, 3.63) is 54.0 Å². The Balaban J connectivity index is 0.946. The van der Waals surface area contributed by atoms with Crippen molar-refractivity contribution in [2.24, 2.45) is 28.6 Å². The highest BCUT2D eigenvalue weighted by atomic mass is 32.2. The molecule has 0 aliphatic heterocycles. The van der Waals surface area contributed by atoms with E-state index in [0.717, 1.165) is 56.9 Å². The third kappa shape index (κ3) is 5.82. The van der Waals surface area contributed by atoms with E-state index in [1.807, 2.05) is 13.2 Å². The number of aryl methyl sites for hydroxylation is 1. The van der Waals surface area contributed by atoms with Crippen LogP contribution in [-0.4, -0.2) is 62.9 Å². The lowest BCUT2D eigenvalue weighted by molar-refractivity contribution is -0.207. The van der Waals surface area contributed by atoms with Gasteiger partial charge in [-0.15, -0.1) is 0 Å². The second-order valence-electron chi connectivity index (χ2n) is 14.6. The first-order valence-electron chi connectivity index (χ1n) is 16.5. The van der Waals surface area contributed by atoms with Crippen LogP contribution in [0.2, 0.25) is 0 Å². The zero-order valence-electron chi connectivity index (χ0n) is 26.5. The summed E-state index contributed by atoms with van der Waals surface area (Å²) in [6, 6.07) is 8.49. The average Bonchev–Trinajstić information content (AvgIpc) is 3.62. The quantitative estimate of drug-likeness (QED) is 0.230. The lowest BCUT2D eigenvalue weighted by Gasteiger charge is -2.63. The van der Waals surface area contributed by atoms with Gasteiger partial charge in [-0.05, 0) is 118 Å². The number of aliphatic hydroxyl groups excluding tert-OH is 1. The monoisotopic (exact) mass is 630 g/mol. The molecule has 0 spiro atoms. The number of hydrogen-bond acceptors (Lipinski definition) is 8. The number of furan rings is 1. The Labute approximate surface area is 262 Å². The minimum atomic E-state index is -3.92. The maximum absolute atomic E-state index is 12.4. The van der Waals surface area contributed by atoms with Crippen molar-refractivity contribution in [3.8, 4) is 0 Å². The van der Waals surface area contributed by atoms with Gasteiger partial charge in [-0.1, -0.05) is 31.5 Å². The highest BCUT2D eigenvalue weighted by Gasteiger charge is 2.67. The summed E-state index contributed by atoms with van der Waals surface area (Å²) in [5.41, 5.74) is 1.72. The summed E-state index contributed by atoms with van der Waals surface area (Å²) in [5.74, 6) is 1.86. The van der Waals surface area contributed by atoms with Gasteiger partial charge in [0.15, 0.2) is 0 Å². The van der Waals surface area contributed by atoms with Gasteiger partial charge in [0, 0.05) is 5.41 Å². The molecule has 44 heavy (non-hydrogen) atoms. The molecular weight excluding hydrogens is 580 g/mol. The van der Waals surface area contributed by atoms with Gasteiger partial charge in [0.1, 0.15) is 6.10 Å². The van der Waals surface area contributed by atoms with Gasteiger partial charge in [0.2, 0.25) is 0 Å². The molecule has 4 aliphatic carbocycles. The molecule has 9 heteroatoms. The number of ether oxygens (including phenoxy) is 2. The fraction of sp³-hybridized carbons (Fsp3) is 0.714. The molecule has 0 radical (unpaired) electrons. The molecule has 1 unspecified atom stereocenters. The Morgan fingerprint density at radius 3 is 2.50 bits per heavy atom. The Kier molecular flexibility index (Phi) is 9.12. The second kappa shape index (κ2) is 12.5. The summed E-state index contributed by atoms with van der Waals surface area (Å²) in [6.45, 7) is 7.09. The van der Waals surface area contributed by atoms with Crippen LogP contribution in [-0.2, 0) is 23.8 Å². The van der Waals surface area contributed by atoms with E-state index < -0.39 is 21.8 Å². The van der Waals surface area contributed by atoms with Gasteiger partial charge in [-0.3, -0.25) is 4.18 Å². The molecule has 0 amide bonds. The van der Waals surface area contributed by atoms with E-state index in [0.29, 0.717) is 36.9 Å². The number of hydrogen-bond donors (Lipinski definition) is 2. The number of rotatable bonds is 11. The molecule has 0 bridgehead atoms. The van der Waals surface area contributed by atoms with Gasteiger partial charge in [0.25, 0.3) is 10.1 Å². The first-order chi connectivity index (χ1) is 21.0. The standard InChI is InChI=1S/C35H50O8S/c1-24-4-7-29(8-5-24)44(38,39)43-23-27(36)22-41-18-19-42-28-10-14-33(2)26(20-28)6-9-32-31(33)11-15-34(3)30(12-16-35(32,34)37)25-13-17-40-21-25/h4-5,7-8,13,17,21,26-28,30-32,36-37H,6,9-12,14-16,18-20,22-23H2,1-3H3/t26-,27?,28+,30-,31+,32-,33+,34-,35+/m1/s1. The van der Waals surface area contributed by atoms with E-state index in [4.69, 9.17) is 18.1 Å². The minimum absolute atomic E-state index is 0.0233. The number of fused-ring (bicyclic) bond motifs is 5. The van der Waals surface area contributed by atoms with Crippen LogP contribution in [0.4, 0.5) is 0 Å². The minimum Gasteiger partial charge on any atom is -0.472 e. The first kappa shape index (κ1) is 32.2. The molecule has 8 nitrogen and oxygen atoms in total.